The molecular weight excluding hydrogens is 202 g/mol. The number of nitrogens with zero attached hydrogens (tertiary/aromatic N) is 1. The lowest BCUT2D eigenvalue weighted by atomic mass is 9.86. The molecule has 1 aliphatic heterocycles. The average molecular weight is 219 g/mol. The number of nitrogens with one attached hydrogen (secondary N) is 1. The Morgan fingerprint density at radius 3 is 2.81 bits per heavy atom. The highest BCUT2D eigenvalue weighted by molar-refractivity contribution is 5.96. The molecule has 0 spiro atoms. The molecule has 2 heterocycles. The fourth-order valence-corrected chi connectivity index (χ4v) is 1.73. The highest BCUT2D eigenvalue weighted by atomic mass is 16.2. The Labute approximate surface area is 95.3 Å². The zero-order valence-corrected chi connectivity index (χ0v) is 9.87. The second kappa shape index (κ2) is 3.56. The average Bonchev–Trinajstić information content (AvgIpc) is 2.17. The van der Waals surface area contributed by atoms with Crippen molar-refractivity contribution in [2.45, 2.75) is 38.6 Å². The van der Waals surface area contributed by atoms with Gasteiger partial charge in [-0.05, 0) is 22.6 Å². The van der Waals surface area contributed by atoms with E-state index in [1.807, 2.05) is 6.20 Å². The van der Waals surface area contributed by atoms with E-state index in [9.17, 15) is 4.79 Å². The number of carbonyl (C=O) groups excluding carboxylic acids is 1. The molecule has 1 aromatic rings. The highest BCUT2D eigenvalue weighted by Gasteiger charge is 2.25. The molecule has 4 heteroatoms. The summed E-state index contributed by atoms with van der Waals surface area (Å²) in [5.41, 5.74) is 7.96. The van der Waals surface area contributed by atoms with E-state index in [0.29, 0.717) is 12.2 Å². The van der Waals surface area contributed by atoms with Gasteiger partial charge in [-0.25, -0.2) is 4.98 Å². The van der Waals surface area contributed by atoms with Gasteiger partial charge in [0.05, 0.1) is 6.04 Å². The van der Waals surface area contributed by atoms with Crippen molar-refractivity contribution in [1.29, 1.82) is 0 Å². The number of amides is 1. The summed E-state index contributed by atoms with van der Waals surface area (Å²) in [6.07, 6.45) is 2.38. The van der Waals surface area contributed by atoms with Crippen molar-refractivity contribution < 1.29 is 4.79 Å². The first-order chi connectivity index (χ1) is 7.38. The lowest BCUT2D eigenvalue weighted by Crippen LogP contribution is -2.41. The van der Waals surface area contributed by atoms with Crippen LogP contribution in [0.3, 0.4) is 0 Å². The monoisotopic (exact) mass is 219 g/mol. The summed E-state index contributed by atoms with van der Waals surface area (Å²) >= 11 is 0. The molecule has 0 radical (unpaired) electrons. The Hall–Kier alpha value is -1.42. The van der Waals surface area contributed by atoms with Gasteiger partial charge in [0.15, 0.2) is 0 Å². The largest absolute Gasteiger partial charge is 0.320 e. The molecule has 1 atom stereocenters. The van der Waals surface area contributed by atoms with Crippen LogP contribution < -0.4 is 11.1 Å². The molecule has 0 saturated heterocycles. The van der Waals surface area contributed by atoms with Gasteiger partial charge in [-0.1, -0.05) is 20.8 Å². The molecular formula is C12H17N3O. The Balaban J connectivity index is 2.40. The molecule has 0 aliphatic carbocycles. The van der Waals surface area contributed by atoms with E-state index in [2.05, 4.69) is 37.1 Å². The van der Waals surface area contributed by atoms with Crippen LogP contribution in [0.4, 0.5) is 5.82 Å². The number of fused-ring (bicyclic) bond motifs is 1. The summed E-state index contributed by atoms with van der Waals surface area (Å²) in [4.78, 5) is 15.6. The molecule has 4 nitrogen and oxygen atoms in total. The van der Waals surface area contributed by atoms with Crippen LogP contribution in [0.25, 0.3) is 0 Å². The molecule has 1 aliphatic rings. The maximum absolute atomic E-state index is 11.4. The first-order valence-electron chi connectivity index (χ1n) is 5.44. The number of pyridine rings is 1. The summed E-state index contributed by atoms with van der Waals surface area (Å²) in [7, 11) is 0. The third kappa shape index (κ3) is 1.93. The highest BCUT2D eigenvalue weighted by Crippen LogP contribution is 2.27. The summed E-state index contributed by atoms with van der Waals surface area (Å²) in [6, 6.07) is 1.63. The second-order valence-electron chi connectivity index (χ2n) is 5.28. The van der Waals surface area contributed by atoms with E-state index < -0.39 is 6.04 Å². The fourth-order valence-electron chi connectivity index (χ4n) is 1.73. The van der Waals surface area contributed by atoms with Crippen molar-refractivity contribution in [2.75, 3.05) is 5.32 Å². The van der Waals surface area contributed by atoms with Crippen molar-refractivity contribution in [3.05, 3.63) is 23.4 Å². The molecule has 1 amide bonds. The third-order valence-corrected chi connectivity index (χ3v) is 2.85. The smallest absolute Gasteiger partial charge is 0.242 e. The van der Waals surface area contributed by atoms with E-state index in [0.717, 1.165) is 11.1 Å². The zero-order chi connectivity index (χ0) is 11.9. The topological polar surface area (TPSA) is 68.0 Å². The van der Waals surface area contributed by atoms with Gasteiger partial charge >= 0.3 is 0 Å². The predicted octanol–water partition coefficient (Wildman–Crippen LogP) is 1.20. The summed E-state index contributed by atoms with van der Waals surface area (Å²) in [5.74, 6) is 0.503. The number of hydrogen-bond acceptors (Lipinski definition) is 3. The zero-order valence-electron chi connectivity index (χ0n) is 9.87. The molecule has 1 aromatic heterocycles. The van der Waals surface area contributed by atoms with Crippen molar-refractivity contribution in [2.24, 2.45) is 5.73 Å². The van der Waals surface area contributed by atoms with Gasteiger partial charge < -0.3 is 11.1 Å². The molecule has 0 saturated carbocycles. The summed E-state index contributed by atoms with van der Waals surface area (Å²) in [5, 5.41) is 2.71. The van der Waals surface area contributed by atoms with Gasteiger partial charge in [0, 0.05) is 12.6 Å². The quantitative estimate of drug-likeness (QED) is 0.689. The minimum absolute atomic E-state index is 0.0631. The normalized spacial score (nSPS) is 20.2. The number of anilines is 1. The number of hydrogen-bond donors (Lipinski definition) is 2. The molecule has 86 valence electrons. The van der Waals surface area contributed by atoms with Crippen molar-refractivity contribution in [3.8, 4) is 0 Å². The first kappa shape index (κ1) is 11.1. The van der Waals surface area contributed by atoms with Crippen LogP contribution in [0, 0.1) is 0 Å². The van der Waals surface area contributed by atoms with Gasteiger partial charge in [0.2, 0.25) is 5.91 Å². The van der Waals surface area contributed by atoms with Crippen LogP contribution in [0.5, 0.6) is 0 Å². The van der Waals surface area contributed by atoms with Crippen molar-refractivity contribution in [1.82, 2.24) is 4.98 Å². The molecule has 0 bridgehead atoms. The molecule has 16 heavy (non-hydrogen) atoms. The minimum atomic E-state index is -0.454. The number of aromatic nitrogens is 1. The van der Waals surface area contributed by atoms with Crippen LogP contribution in [0.15, 0.2) is 12.3 Å². The third-order valence-electron chi connectivity index (χ3n) is 2.85. The fraction of sp³-hybridized carbons (Fsp3) is 0.500. The predicted molar refractivity (Wildman–Crippen MR) is 63.2 cm³/mol. The maximum atomic E-state index is 11.4. The SMILES string of the molecule is CC(C)(C)c1cnc2c(c1)CC(N)C(=O)N2. The lowest BCUT2D eigenvalue weighted by Gasteiger charge is -2.24. The van der Waals surface area contributed by atoms with Crippen LogP contribution in [-0.2, 0) is 16.6 Å². The van der Waals surface area contributed by atoms with Gasteiger partial charge in [-0.3, -0.25) is 4.79 Å². The second-order valence-corrected chi connectivity index (χ2v) is 5.28. The number of carbonyl (C=O) groups is 1. The Kier molecular flexibility index (Phi) is 2.46. The summed E-state index contributed by atoms with van der Waals surface area (Å²) < 4.78 is 0. The van der Waals surface area contributed by atoms with Crippen molar-refractivity contribution in [3.63, 3.8) is 0 Å². The standard InChI is InChI=1S/C12H17N3O/c1-12(2,3)8-4-7-5-9(13)11(16)15-10(7)14-6-8/h4,6,9H,5,13H2,1-3H3,(H,14,15,16). The van der Waals surface area contributed by atoms with Gasteiger partial charge in [0.25, 0.3) is 0 Å². The molecule has 3 N–H and O–H groups in total. The number of rotatable bonds is 0. The summed E-state index contributed by atoms with van der Waals surface area (Å²) in [6.45, 7) is 6.41. The van der Waals surface area contributed by atoms with Crippen LogP contribution in [-0.4, -0.2) is 16.9 Å². The molecule has 2 rings (SSSR count). The van der Waals surface area contributed by atoms with Gasteiger partial charge in [-0.15, -0.1) is 0 Å². The van der Waals surface area contributed by atoms with E-state index in [1.54, 1.807) is 0 Å². The van der Waals surface area contributed by atoms with Gasteiger partial charge in [-0.2, -0.15) is 0 Å². The van der Waals surface area contributed by atoms with Crippen molar-refractivity contribution >= 4 is 11.7 Å². The van der Waals surface area contributed by atoms with E-state index in [4.69, 9.17) is 5.73 Å². The first-order valence-corrected chi connectivity index (χ1v) is 5.44. The van der Waals surface area contributed by atoms with Crippen LogP contribution in [0.2, 0.25) is 0 Å². The Morgan fingerprint density at radius 2 is 2.19 bits per heavy atom. The minimum Gasteiger partial charge on any atom is -0.320 e. The Morgan fingerprint density at radius 1 is 1.50 bits per heavy atom. The Bertz CT molecular complexity index is 434. The molecule has 0 fully saturated rings. The van der Waals surface area contributed by atoms with E-state index >= 15 is 0 Å². The molecule has 0 aromatic carbocycles. The lowest BCUT2D eigenvalue weighted by molar-refractivity contribution is -0.117. The maximum Gasteiger partial charge on any atom is 0.242 e. The molecule has 1 unspecified atom stereocenters. The van der Waals surface area contributed by atoms with Crippen LogP contribution >= 0.6 is 0 Å². The number of nitrogens with two attached hydrogens (primary N) is 1. The van der Waals surface area contributed by atoms with E-state index in [1.165, 1.54) is 0 Å². The van der Waals surface area contributed by atoms with Gasteiger partial charge in [0.1, 0.15) is 5.82 Å². The van der Waals surface area contributed by atoms with E-state index in [-0.39, 0.29) is 11.3 Å². The van der Waals surface area contributed by atoms with Crippen LogP contribution in [0.1, 0.15) is 31.9 Å².